The second-order valence-corrected chi connectivity index (χ2v) is 7.72. The number of rotatable bonds is 9. The minimum atomic E-state index is -0.298. The highest BCUT2D eigenvalue weighted by Crippen LogP contribution is 2.20. The number of aromatic nitrogens is 4. The maximum Gasteiger partial charge on any atom is 0.230 e. The second-order valence-electron chi connectivity index (χ2n) is 6.77. The van der Waals surface area contributed by atoms with Crippen molar-refractivity contribution in [2.24, 2.45) is 0 Å². The van der Waals surface area contributed by atoms with Crippen molar-refractivity contribution in [3.8, 4) is 5.69 Å². The van der Waals surface area contributed by atoms with Crippen LogP contribution in [-0.4, -0.2) is 31.9 Å². The molecule has 0 unspecified atom stereocenters. The molecule has 2 aromatic carbocycles. The molecule has 1 atom stereocenters. The maximum atomic E-state index is 13.0. The van der Waals surface area contributed by atoms with Gasteiger partial charge in [-0.1, -0.05) is 49.4 Å². The lowest BCUT2D eigenvalue weighted by Gasteiger charge is -2.14. The summed E-state index contributed by atoms with van der Waals surface area (Å²) in [7, 11) is 0. The zero-order valence-corrected chi connectivity index (χ0v) is 17.3. The monoisotopic (exact) mass is 413 g/mol. The molecule has 1 heterocycles. The Morgan fingerprint density at radius 3 is 2.59 bits per heavy atom. The molecular weight excluding hydrogens is 389 g/mol. The molecule has 0 bridgehead atoms. The minimum Gasteiger partial charge on any atom is -0.349 e. The topological polar surface area (TPSA) is 72.7 Å². The van der Waals surface area contributed by atoms with Crippen LogP contribution >= 0.6 is 11.8 Å². The molecule has 0 spiro atoms. The van der Waals surface area contributed by atoms with Gasteiger partial charge in [0.05, 0.1) is 17.5 Å². The van der Waals surface area contributed by atoms with Gasteiger partial charge in [-0.05, 0) is 65.6 Å². The smallest absolute Gasteiger partial charge is 0.230 e. The number of halogens is 1. The van der Waals surface area contributed by atoms with Crippen LogP contribution in [0.2, 0.25) is 0 Å². The molecule has 0 radical (unpaired) electrons. The largest absolute Gasteiger partial charge is 0.349 e. The minimum absolute atomic E-state index is 0.142. The van der Waals surface area contributed by atoms with Crippen molar-refractivity contribution in [3.63, 3.8) is 0 Å². The van der Waals surface area contributed by atoms with Gasteiger partial charge in [-0.25, -0.2) is 4.39 Å². The Morgan fingerprint density at radius 1 is 1.17 bits per heavy atom. The number of benzene rings is 2. The Kier molecular flexibility index (Phi) is 7.35. The highest BCUT2D eigenvalue weighted by Gasteiger charge is 2.14. The van der Waals surface area contributed by atoms with Gasteiger partial charge in [-0.3, -0.25) is 4.79 Å². The summed E-state index contributed by atoms with van der Waals surface area (Å²) in [5.74, 6) is -0.259. The molecule has 152 valence electrons. The Bertz CT molecular complexity index is 927. The lowest BCUT2D eigenvalue weighted by molar-refractivity contribution is -0.119. The normalized spacial score (nSPS) is 12.0. The number of nitrogens with one attached hydrogen (secondary N) is 1. The summed E-state index contributed by atoms with van der Waals surface area (Å²) in [4.78, 5) is 12.3. The van der Waals surface area contributed by atoms with E-state index in [1.54, 1.807) is 16.8 Å². The van der Waals surface area contributed by atoms with Crippen LogP contribution in [-0.2, 0) is 11.2 Å². The summed E-state index contributed by atoms with van der Waals surface area (Å²) in [6.45, 7) is 4.04. The molecule has 29 heavy (non-hydrogen) atoms. The van der Waals surface area contributed by atoms with Gasteiger partial charge < -0.3 is 5.32 Å². The molecule has 0 aliphatic carbocycles. The molecule has 1 aromatic heterocycles. The first-order valence-electron chi connectivity index (χ1n) is 9.62. The molecule has 3 rings (SSSR count). The van der Waals surface area contributed by atoms with E-state index in [2.05, 4.69) is 39.9 Å². The lowest BCUT2D eigenvalue weighted by atomic mass is 10.1. The maximum absolute atomic E-state index is 13.0. The van der Waals surface area contributed by atoms with Crippen LogP contribution in [0.4, 0.5) is 4.39 Å². The standard InChI is InChI=1S/C21H24FN5OS/c1-3-4-5-16-6-12-19(13-7-16)27-21(24-25-26-27)29-14-20(28)23-15(2)17-8-10-18(22)11-9-17/h6-13,15H,3-5,14H2,1-2H3,(H,23,28)/t15-/m1/s1. The van der Waals surface area contributed by atoms with Crippen LogP contribution in [0.5, 0.6) is 0 Å². The van der Waals surface area contributed by atoms with Gasteiger partial charge in [-0.15, -0.1) is 5.10 Å². The van der Waals surface area contributed by atoms with Gasteiger partial charge in [0.25, 0.3) is 0 Å². The molecule has 0 aliphatic rings. The van der Waals surface area contributed by atoms with Crippen LogP contribution in [0.3, 0.4) is 0 Å². The van der Waals surface area contributed by atoms with E-state index in [-0.39, 0.29) is 23.5 Å². The van der Waals surface area contributed by atoms with Crippen molar-refractivity contribution in [2.75, 3.05) is 5.75 Å². The van der Waals surface area contributed by atoms with E-state index in [0.29, 0.717) is 5.16 Å². The molecule has 0 saturated heterocycles. The van der Waals surface area contributed by atoms with E-state index in [4.69, 9.17) is 0 Å². The van der Waals surface area contributed by atoms with Crippen LogP contribution in [0, 0.1) is 5.82 Å². The summed E-state index contributed by atoms with van der Waals surface area (Å²) in [5, 5.41) is 15.3. The van der Waals surface area contributed by atoms with E-state index in [1.807, 2.05) is 19.1 Å². The molecule has 6 nitrogen and oxygen atoms in total. The van der Waals surface area contributed by atoms with E-state index in [9.17, 15) is 9.18 Å². The quantitative estimate of drug-likeness (QED) is 0.535. The lowest BCUT2D eigenvalue weighted by Crippen LogP contribution is -2.28. The molecule has 0 aliphatic heterocycles. The third-order valence-corrected chi connectivity index (χ3v) is 5.44. The number of amides is 1. The summed E-state index contributed by atoms with van der Waals surface area (Å²) in [5.41, 5.74) is 2.99. The van der Waals surface area contributed by atoms with Crippen LogP contribution in [0.1, 0.15) is 43.9 Å². The van der Waals surface area contributed by atoms with Crippen LogP contribution < -0.4 is 5.32 Å². The van der Waals surface area contributed by atoms with E-state index in [1.165, 1.54) is 29.5 Å². The van der Waals surface area contributed by atoms with E-state index >= 15 is 0 Å². The zero-order chi connectivity index (χ0) is 20.6. The van der Waals surface area contributed by atoms with Crippen molar-refractivity contribution in [1.29, 1.82) is 0 Å². The first-order valence-corrected chi connectivity index (χ1v) is 10.6. The number of aryl methyl sites for hydroxylation is 1. The fraction of sp³-hybridized carbons (Fsp3) is 0.333. The fourth-order valence-corrected chi connectivity index (χ4v) is 3.57. The first-order chi connectivity index (χ1) is 14.1. The van der Waals surface area contributed by atoms with Crippen molar-refractivity contribution in [1.82, 2.24) is 25.5 Å². The Labute approximate surface area is 173 Å². The number of unbranched alkanes of at least 4 members (excludes halogenated alkanes) is 1. The Hall–Kier alpha value is -2.74. The fourth-order valence-electron chi connectivity index (χ4n) is 2.86. The van der Waals surface area contributed by atoms with Crippen LogP contribution in [0.25, 0.3) is 5.69 Å². The number of carbonyl (C=O) groups excluding carboxylic acids is 1. The van der Waals surface area contributed by atoms with Crippen molar-refractivity contribution in [3.05, 3.63) is 65.5 Å². The van der Waals surface area contributed by atoms with Crippen molar-refractivity contribution in [2.45, 2.75) is 44.3 Å². The first kappa shape index (κ1) is 21.0. The second kappa shape index (κ2) is 10.2. The molecule has 0 fully saturated rings. The van der Waals surface area contributed by atoms with Gasteiger partial charge in [0.15, 0.2) is 0 Å². The molecular formula is C21H24FN5OS. The third-order valence-electron chi connectivity index (χ3n) is 4.52. The van der Waals surface area contributed by atoms with Gasteiger partial charge in [0.1, 0.15) is 5.82 Å². The number of hydrogen-bond acceptors (Lipinski definition) is 5. The summed E-state index contributed by atoms with van der Waals surface area (Å²) < 4.78 is 14.7. The summed E-state index contributed by atoms with van der Waals surface area (Å²) >= 11 is 1.27. The number of hydrogen-bond donors (Lipinski definition) is 1. The Balaban J connectivity index is 1.57. The predicted molar refractivity (Wildman–Crippen MR) is 111 cm³/mol. The van der Waals surface area contributed by atoms with Crippen molar-refractivity contribution < 1.29 is 9.18 Å². The van der Waals surface area contributed by atoms with Crippen LogP contribution in [0.15, 0.2) is 53.7 Å². The zero-order valence-electron chi connectivity index (χ0n) is 16.5. The Morgan fingerprint density at radius 2 is 1.90 bits per heavy atom. The SMILES string of the molecule is CCCCc1ccc(-n2nnnc2SCC(=O)N[C@H](C)c2ccc(F)cc2)cc1. The average Bonchev–Trinajstić information content (AvgIpc) is 3.20. The highest BCUT2D eigenvalue weighted by molar-refractivity contribution is 7.99. The number of carbonyl (C=O) groups is 1. The van der Waals surface area contributed by atoms with E-state index in [0.717, 1.165) is 30.5 Å². The molecule has 1 N–H and O–H groups in total. The van der Waals surface area contributed by atoms with Gasteiger partial charge in [0, 0.05) is 0 Å². The summed E-state index contributed by atoms with van der Waals surface area (Å²) in [6.07, 6.45) is 3.38. The molecule has 8 heteroatoms. The number of tetrazole rings is 1. The number of thioether (sulfide) groups is 1. The van der Waals surface area contributed by atoms with Gasteiger partial charge in [-0.2, -0.15) is 4.68 Å². The molecule has 1 amide bonds. The van der Waals surface area contributed by atoms with Gasteiger partial charge >= 0.3 is 0 Å². The molecule has 3 aromatic rings. The number of nitrogens with zero attached hydrogens (tertiary/aromatic N) is 4. The van der Waals surface area contributed by atoms with Gasteiger partial charge in [0.2, 0.25) is 11.1 Å². The highest BCUT2D eigenvalue weighted by atomic mass is 32.2. The molecule has 0 saturated carbocycles. The van der Waals surface area contributed by atoms with E-state index < -0.39 is 0 Å². The summed E-state index contributed by atoms with van der Waals surface area (Å²) in [6, 6.07) is 14.0. The predicted octanol–water partition coefficient (Wildman–Crippen LogP) is 4.11. The average molecular weight is 414 g/mol. The van der Waals surface area contributed by atoms with Crippen molar-refractivity contribution >= 4 is 17.7 Å². The third kappa shape index (κ3) is 5.87.